The Labute approximate surface area is 146 Å². The molecule has 0 amide bonds. The highest BCUT2D eigenvalue weighted by atomic mass is 16.3. The van der Waals surface area contributed by atoms with Crippen LogP contribution in [0.4, 0.5) is 11.4 Å². The van der Waals surface area contributed by atoms with Crippen molar-refractivity contribution >= 4 is 23.5 Å². The summed E-state index contributed by atoms with van der Waals surface area (Å²) in [5, 5.41) is 14.8. The number of benzene rings is 2. The highest BCUT2D eigenvalue weighted by molar-refractivity contribution is 5.89. The Balaban J connectivity index is 1.85. The molecular formula is C20H20N4O. The second kappa shape index (κ2) is 6.63. The van der Waals surface area contributed by atoms with Gasteiger partial charge in [-0.05, 0) is 41.6 Å². The third kappa shape index (κ3) is 2.78. The van der Waals surface area contributed by atoms with E-state index in [0.717, 1.165) is 41.8 Å². The van der Waals surface area contributed by atoms with Crippen LogP contribution in [0.5, 0.6) is 0 Å². The molecule has 1 aliphatic carbocycles. The summed E-state index contributed by atoms with van der Waals surface area (Å²) in [6.07, 6.45) is 6.07. The zero-order valence-electron chi connectivity index (χ0n) is 13.9. The Hall–Kier alpha value is -2.75. The molecule has 1 fully saturated rings. The SMILES string of the molecule is [N-]=[N+]=N[C@H]1CCC[C@@H](N2c3ccccc3C=Cc3ccccc32)[C@@H]1O. The Bertz CT molecular complexity index is 807. The molecule has 0 bridgehead atoms. The number of azide groups is 1. The lowest BCUT2D eigenvalue weighted by atomic mass is 9.86. The molecule has 1 aliphatic heterocycles. The lowest BCUT2D eigenvalue weighted by molar-refractivity contribution is 0.0879. The van der Waals surface area contributed by atoms with Crippen LogP contribution in [-0.4, -0.2) is 23.3 Å². The number of anilines is 2. The summed E-state index contributed by atoms with van der Waals surface area (Å²) >= 11 is 0. The molecule has 0 aromatic heterocycles. The van der Waals surface area contributed by atoms with Gasteiger partial charge in [-0.3, -0.25) is 0 Å². The van der Waals surface area contributed by atoms with E-state index in [1.165, 1.54) is 0 Å². The molecule has 3 atom stereocenters. The molecule has 0 unspecified atom stereocenters. The van der Waals surface area contributed by atoms with E-state index in [1.807, 2.05) is 24.3 Å². The minimum absolute atomic E-state index is 0.119. The quantitative estimate of drug-likeness (QED) is 0.482. The predicted octanol–water partition coefficient (Wildman–Crippen LogP) is 4.90. The van der Waals surface area contributed by atoms with Gasteiger partial charge in [0.2, 0.25) is 0 Å². The fourth-order valence-corrected chi connectivity index (χ4v) is 3.97. The van der Waals surface area contributed by atoms with Gasteiger partial charge < -0.3 is 10.0 Å². The molecule has 5 heteroatoms. The van der Waals surface area contributed by atoms with Crippen molar-refractivity contribution in [1.29, 1.82) is 0 Å². The van der Waals surface area contributed by atoms with Gasteiger partial charge in [-0.15, -0.1) is 0 Å². The second-order valence-electron chi connectivity index (χ2n) is 6.58. The monoisotopic (exact) mass is 332 g/mol. The fourth-order valence-electron chi connectivity index (χ4n) is 3.97. The largest absolute Gasteiger partial charge is 0.391 e. The smallest absolute Gasteiger partial charge is 0.0832 e. The summed E-state index contributed by atoms with van der Waals surface area (Å²) in [4.78, 5) is 5.16. The van der Waals surface area contributed by atoms with Crippen LogP contribution in [0, 0.1) is 0 Å². The van der Waals surface area contributed by atoms with Gasteiger partial charge in [-0.1, -0.05) is 60.1 Å². The summed E-state index contributed by atoms with van der Waals surface area (Å²) in [6, 6.07) is 16.0. The average Bonchev–Trinajstić information content (AvgIpc) is 2.81. The number of aliphatic hydroxyl groups is 1. The maximum atomic E-state index is 10.9. The average molecular weight is 332 g/mol. The first kappa shape index (κ1) is 15.8. The van der Waals surface area contributed by atoms with Gasteiger partial charge in [0.25, 0.3) is 0 Å². The number of fused-ring (bicyclic) bond motifs is 2. The Morgan fingerprint density at radius 1 is 0.960 bits per heavy atom. The van der Waals surface area contributed by atoms with Gasteiger partial charge >= 0.3 is 0 Å². The minimum atomic E-state index is -0.691. The Morgan fingerprint density at radius 2 is 1.56 bits per heavy atom. The summed E-state index contributed by atoms with van der Waals surface area (Å²) in [5.74, 6) is 0. The van der Waals surface area contributed by atoms with Gasteiger partial charge in [0.15, 0.2) is 0 Å². The van der Waals surface area contributed by atoms with Crippen LogP contribution in [0.3, 0.4) is 0 Å². The molecule has 126 valence electrons. The van der Waals surface area contributed by atoms with E-state index < -0.39 is 6.10 Å². The molecular weight excluding hydrogens is 312 g/mol. The first-order chi connectivity index (χ1) is 12.3. The van der Waals surface area contributed by atoms with Gasteiger partial charge in [-0.2, -0.15) is 0 Å². The van der Waals surface area contributed by atoms with Crippen molar-refractivity contribution in [3.05, 3.63) is 70.1 Å². The molecule has 0 saturated heterocycles. The highest BCUT2D eigenvalue weighted by Gasteiger charge is 2.37. The lowest BCUT2D eigenvalue weighted by Gasteiger charge is -2.42. The molecule has 1 N–H and O–H groups in total. The fraction of sp³-hybridized carbons (Fsp3) is 0.300. The lowest BCUT2D eigenvalue weighted by Crippen LogP contribution is -2.49. The van der Waals surface area contributed by atoms with Crippen LogP contribution in [0.1, 0.15) is 30.4 Å². The van der Waals surface area contributed by atoms with Crippen LogP contribution in [0.2, 0.25) is 0 Å². The third-order valence-corrected chi connectivity index (χ3v) is 5.15. The molecule has 25 heavy (non-hydrogen) atoms. The molecule has 5 nitrogen and oxygen atoms in total. The Morgan fingerprint density at radius 3 is 2.16 bits per heavy atom. The zero-order valence-corrected chi connectivity index (χ0v) is 13.9. The van der Waals surface area contributed by atoms with Crippen LogP contribution < -0.4 is 4.90 Å². The number of aliphatic hydroxyl groups excluding tert-OH is 1. The van der Waals surface area contributed by atoms with Crippen molar-refractivity contribution < 1.29 is 5.11 Å². The summed E-state index contributed by atoms with van der Waals surface area (Å²) in [6.45, 7) is 0. The third-order valence-electron chi connectivity index (χ3n) is 5.15. The van der Waals surface area contributed by atoms with E-state index in [1.54, 1.807) is 0 Å². The van der Waals surface area contributed by atoms with Gasteiger partial charge in [0.05, 0.1) is 18.2 Å². The molecule has 0 radical (unpaired) electrons. The predicted molar refractivity (Wildman–Crippen MR) is 101 cm³/mol. The number of hydrogen-bond acceptors (Lipinski definition) is 3. The first-order valence-corrected chi connectivity index (χ1v) is 8.67. The molecule has 0 spiro atoms. The normalized spacial score (nSPS) is 24.7. The van der Waals surface area contributed by atoms with Crippen molar-refractivity contribution in [3.8, 4) is 0 Å². The van der Waals surface area contributed by atoms with E-state index in [9.17, 15) is 5.11 Å². The van der Waals surface area contributed by atoms with E-state index in [-0.39, 0.29) is 12.1 Å². The van der Waals surface area contributed by atoms with Crippen molar-refractivity contribution in [2.75, 3.05) is 4.90 Å². The van der Waals surface area contributed by atoms with Crippen LogP contribution in [0.15, 0.2) is 53.6 Å². The van der Waals surface area contributed by atoms with Crippen LogP contribution in [-0.2, 0) is 0 Å². The van der Waals surface area contributed by atoms with Gasteiger partial charge in [0.1, 0.15) is 0 Å². The summed E-state index contributed by atoms with van der Waals surface area (Å²) < 4.78 is 0. The van der Waals surface area contributed by atoms with Crippen LogP contribution >= 0.6 is 0 Å². The van der Waals surface area contributed by atoms with Crippen molar-refractivity contribution in [2.24, 2.45) is 5.11 Å². The topological polar surface area (TPSA) is 72.2 Å². The standard InChI is InChI=1S/C20H20N4O/c21-23-22-16-8-5-11-19(20(16)25)24-17-9-3-1-6-14(17)12-13-15-7-2-4-10-18(15)24/h1-4,6-7,9-10,12-13,16,19-20,25H,5,8,11H2/t16-,19+,20+/m0/s1. The maximum absolute atomic E-state index is 10.9. The maximum Gasteiger partial charge on any atom is 0.0832 e. The Kier molecular flexibility index (Phi) is 4.18. The summed E-state index contributed by atoms with van der Waals surface area (Å²) in [5.41, 5.74) is 13.2. The molecule has 2 aromatic rings. The van der Waals surface area contributed by atoms with E-state index in [0.29, 0.717) is 0 Å². The molecule has 1 saturated carbocycles. The van der Waals surface area contributed by atoms with Gasteiger partial charge in [-0.25, -0.2) is 0 Å². The second-order valence-corrected chi connectivity index (χ2v) is 6.58. The van der Waals surface area contributed by atoms with Crippen molar-refractivity contribution in [1.82, 2.24) is 0 Å². The highest BCUT2D eigenvalue weighted by Crippen LogP contribution is 2.41. The first-order valence-electron chi connectivity index (χ1n) is 8.67. The van der Waals surface area contributed by atoms with E-state index in [4.69, 9.17) is 5.53 Å². The van der Waals surface area contributed by atoms with Crippen molar-refractivity contribution in [3.63, 3.8) is 0 Å². The van der Waals surface area contributed by atoms with E-state index in [2.05, 4.69) is 51.3 Å². The number of para-hydroxylation sites is 2. The van der Waals surface area contributed by atoms with Crippen LogP contribution in [0.25, 0.3) is 22.6 Å². The molecule has 4 rings (SSSR count). The van der Waals surface area contributed by atoms with Gasteiger partial charge in [0, 0.05) is 16.3 Å². The molecule has 2 aromatic carbocycles. The number of rotatable bonds is 2. The molecule has 2 aliphatic rings. The van der Waals surface area contributed by atoms with Crippen molar-refractivity contribution in [2.45, 2.75) is 37.5 Å². The summed E-state index contributed by atoms with van der Waals surface area (Å²) in [7, 11) is 0. The number of hydrogen-bond donors (Lipinski definition) is 1. The molecule has 1 heterocycles. The number of nitrogens with zero attached hydrogens (tertiary/aromatic N) is 4. The van der Waals surface area contributed by atoms with E-state index >= 15 is 0 Å². The zero-order chi connectivity index (χ0) is 17.2. The minimum Gasteiger partial charge on any atom is -0.391 e.